The van der Waals surface area contributed by atoms with E-state index < -0.39 is 0 Å². The second-order valence-corrected chi connectivity index (χ2v) is 4.24. The van der Waals surface area contributed by atoms with Gasteiger partial charge in [-0.05, 0) is 25.8 Å². The lowest BCUT2D eigenvalue weighted by atomic mass is 9.87. The summed E-state index contributed by atoms with van der Waals surface area (Å²) >= 11 is 0. The van der Waals surface area contributed by atoms with Crippen LogP contribution in [0.5, 0.6) is 0 Å². The summed E-state index contributed by atoms with van der Waals surface area (Å²) in [4.78, 5) is 0. The molecule has 0 aromatic heterocycles. The minimum atomic E-state index is 0.838. The molecular formula is C12H25NO. The highest BCUT2D eigenvalue weighted by Gasteiger charge is 2.12. The maximum atomic E-state index is 5.26. The maximum absolute atomic E-state index is 5.26. The van der Waals surface area contributed by atoms with Crippen molar-refractivity contribution in [1.29, 1.82) is 0 Å². The van der Waals surface area contributed by atoms with Crippen LogP contribution in [-0.4, -0.2) is 26.3 Å². The third kappa shape index (κ3) is 5.61. The molecular weight excluding hydrogens is 174 g/mol. The summed E-state index contributed by atoms with van der Waals surface area (Å²) in [5.41, 5.74) is 0. The summed E-state index contributed by atoms with van der Waals surface area (Å²) in [5.74, 6) is 1.00. The lowest BCUT2D eigenvalue weighted by molar-refractivity contribution is 0.148. The third-order valence-corrected chi connectivity index (χ3v) is 3.08. The summed E-state index contributed by atoms with van der Waals surface area (Å²) in [6.07, 6.45) is 8.69. The van der Waals surface area contributed by atoms with Crippen molar-refractivity contribution in [1.82, 2.24) is 5.32 Å². The Morgan fingerprint density at radius 3 is 2.64 bits per heavy atom. The monoisotopic (exact) mass is 199 g/mol. The Kier molecular flexibility index (Phi) is 7.06. The van der Waals surface area contributed by atoms with Crippen LogP contribution in [0.1, 0.15) is 45.4 Å². The predicted octanol–water partition coefficient (Wildman–Crippen LogP) is 2.58. The van der Waals surface area contributed by atoms with Gasteiger partial charge in [0.25, 0.3) is 0 Å². The van der Waals surface area contributed by atoms with Crippen LogP contribution in [0.15, 0.2) is 0 Å². The summed E-state index contributed by atoms with van der Waals surface area (Å²) in [6.45, 7) is 5.94. The van der Waals surface area contributed by atoms with Gasteiger partial charge in [0.2, 0.25) is 0 Å². The molecule has 2 nitrogen and oxygen atoms in total. The minimum absolute atomic E-state index is 0.838. The van der Waals surface area contributed by atoms with Gasteiger partial charge in [-0.3, -0.25) is 0 Å². The zero-order valence-corrected chi connectivity index (χ0v) is 9.56. The van der Waals surface area contributed by atoms with Crippen LogP contribution in [0.25, 0.3) is 0 Å². The van der Waals surface area contributed by atoms with Crippen LogP contribution < -0.4 is 5.32 Å². The molecule has 14 heavy (non-hydrogen) atoms. The Balaban J connectivity index is 1.82. The molecule has 1 fully saturated rings. The second-order valence-electron chi connectivity index (χ2n) is 4.24. The number of nitrogens with one attached hydrogen (secondary N) is 1. The molecule has 0 bridgehead atoms. The first kappa shape index (κ1) is 12.0. The van der Waals surface area contributed by atoms with Gasteiger partial charge in [-0.2, -0.15) is 0 Å². The van der Waals surface area contributed by atoms with Crippen molar-refractivity contribution in [3.05, 3.63) is 0 Å². The van der Waals surface area contributed by atoms with E-state index in [-0.39, 0.29) is 0 Å². The lowest BCUT2D eigenvalue weighted by Gasteiger charge is -2.21. The fourth-order valence-electron chi connectivity index (χ4n) is 2.20. The molecule has 0 saturated heterocycles. The highest BCUT2D eigenvalue weighted by molar-refractivity contribution is 4.66. The van der Waals surface area contributed by atoms with E-state index in [4.69, 9.17) is 4.74 Å². The standard InChI is InChI=1S/C12H25NO/c1-2-14-11-10-13-9-8-12-6-4-3-5-7-12/h12-13H,2-11H2,1H3. The van der Waals surface area contributed by atoms with E-state index >= 15 is 0 Å². The minimum Gasteiger partial charge on any atom is -0.380 e. The van der Waals surface area contributed by atoms with Crippen molar-refractivity contribution in [3.8, 4) is 0 Å². The van der Waals surface area contributed by atoms with Gasteiger partial charge < -0.3 is 10.1 Å². The summed E-state index contributed by atoms with van der Waals surface area (Å²) in [7, 11) is 0. The molecule has 0 radical (unpaired) electrons. The lowest BCUT2D eigenvalue weighted by Crippen LogP contribution is -2.23. The fourth-order valence-corrected chi connectivity index (χ4v) is 2.20. The molecule has 0 aromatic carbocycles. The summed E-state index contributed by atoms with van der Waals surface area (Å²) < 4.78 is 5.26. The molecule has 2 heteroatoms. The summed E-state index contributed by atoms with van der Waals surface area (Å²) in [5, 5.41) is 3.44. The highest BCUT2D eigenvalue weighted by Crippen LogP contribution is 2.25. The molecule has 1 aliphatic carbocycles. The van der Waals surface area contributed by atoms with E-state index in [1.54, 1.807) is 0 Å². The number of ether oxygens (including phenoxy) is 1. The predicted molar refractivity (Wildman–Crippen MR) is 60.6 cm³/mol. The van der Waals surface area contributed by atoms with Gasteiger partial charge in [0.1, 0.15) is 0 Å². The van der Waals surface area contributed by atoms with Gasteiger partial charge in [0.15, 0.2) is 0 Å². The number of hydrogen-bond acceptors (Lipinski definition) is 2. The SMILES string of the molecule is CCOCCNCCC1CCCCC1. The van der Waals surface area contributed by atoms with Gasteiger partial charge >= 0.3 is 0 Å². The fraction of sp³-hybridized carbons (Fsp3) is 1.00. The van der Waals surface area contributed by atoms with Gasteiger partial charge in [-0.15, -0.1) is 0 Å². The highest BCUT2D eigenvalue weighted by atomic mass is 16.5. The Morgan fingerprint density at radius 1 is 1.14 bits per heavy atom. The zero-order valence-electron chi connectivity index (χ0n) is 9.56. The molecule has 1 saturated carbocycles. The second kappa shape index (κ2) is 8.25. The maximum Gasteiger partial charge on any atom is 0.0590 e. The van der Waals surface area contributed by atoms with Crippen LogP contribution in [0, 0.1) is 5.92 Å². The van der Waals surface area contributed by atoms with Crippen LogP contribution in [0.2, 0.25) is 0 Å². The topological polar surface area (TPSA) is 21.3 Å². The molecule has 0 spiro atoms. The Hall–Kier alpha value is -0.0800. The quantitative estimate of drug-likeness (QED) is 0.636. The van der Waals surface area contributed by atoms with E-state index in [2.05, 4.69) is 5.32 Å². The van der Waals surface area contributed by atoms with Crippen molar-refractivity contribution in [2.24, 2.45) is 5.92 Å². The number of hydrogen-bond donors (Lipinski definition) is 1. The number of rotatable bonds is 7. The Morgan fingerprint density at radius 2 is 1.93 bits per heavy atom. The van der Waals surface area contributed by atoms with E-state index in [0.29, 0.717) is 0 Å². The van der Waals surface area contributed by atoms with Gasteiger partial charge in [-0.1, -0.05) is 32.1 Å². The molecule has 0 unspecified atom stereocenters. The largest absolute Gasteiger partial charge is 0.380 e. The average molecular weight is 199 g/mol. The zero-order chi connectivity index (χ0) is 10.1. The molecule has 84 valence electrons. The van der Waals surface area contributed by atoms with Crippen LogP contribution in [-0.2, 0) is 4.74 Å². The molecule has 0 atom stereocenters. The van der Waals surface area contributed by atoms with Gasteiger partial charge in [0.05, 0.1) is 6.61 Å². The Labute approximate surface area is 88.4 Å². The van der Waals surface area contributed by atoms with Crippen LogP contribution in [0.3, 0.4) is 0 Å². The van der Waals surface area contributed by atoms with E-state index in [1.807, 2.05) is 6.92 Å². The molecule has 0 aromatic rings. The van der Waals surface area contributed by atoms with Crippen LogP contribution >= 0.6 is 0 Å². The van der Waals surface area contributed by atoms with Gasteiger partial charge in [-0.25, -0.2) is 0 Å². The first-order valence-corrected chi connectivity index (χ1v) is 6.22. The Bertz CT molecular complexity index is 121. The molecule has 0 aliphatic heterocycles. The van der Waals surface area contributed by atoms with E-state index in [1.165, 1.54) is 45.1 Å². The molecule has 1 aliphatic rings. The first-order valence-electron chi connectivity index (χ1n) is 6.22. The van der Waals surface area contributed by atoms with Crippen molar-refractivity contribution in [2.45, 2.75) is 45.4 Å². The molecule has 0 amide bonds. The summed E-state index contributed by atoms with van der Waals surface area (Å²) in [6, 6.07) is 0. The van der Waals surface area contributed by atoms with Crippen LogP contribution in [0.4, 0.5) is 0 Å². The smallest absolute Gasteiger partial charge is 0.0590 e. The van der Waals surface area contributed by atoms with E-state index in [0.717, 1.165) is 25.7 Å². The molecule has 1 rings (SSSR count). The van der Waals surface area contributed by atoms with Crippen molar-refractivity contribution >= 4 is 0 Å². The normalized spacial score (nSPS) is 18.6. The first-order chi connectivity index (χ1) is 6.93. The average Bonchev–Trinajstić information content (AvgIpc) is 2.25. The van der Waals surface area contributed by atoms with Crippen molar-refractivity contribution < 1.29 is 4.74 Å². The molecule has 0 heterocycles. The van der Waals surface area contributed by atoms with Crippen molar-refractivity contribution in [2.75, 3.05) is 26.3 Å². The third-order valence-electron chi connectivity index (χ3n) is 3.08. The van der Waals surface area contributed by atoms with Crippen molar-refractivity contribution in [3.63, 3.8) is 0 Å². The van der Waals surface area contributed by atoms with Gasteiger partial charge in [0, 0.05) is 13.2 Å². The molecule has 1 N–H and O–H groups in total. The van der Waals surface area contributed by atoms with E-state index in [9.17, 15) is 0 Å².